The molecular formula is C13H21BrN2O2S. The second-order valence-electron chi connectivity index (χ2n) is 5.68. The van der Waals surface area contributed by atoms with Gasteiger partial charge in [-0.3, -0.25) is 4.98 Å². The molecule has 1 heterocycles. The lowest BCUT2D eigenvalue weighted by Crippen LogP contribution is -2.50. The molecule has 2 atom stereocenters. The second kappa shape index (κ2) is 6.54. The van der Waals surface area contributed by atoms with Crippen LogP contribution in [0.2, 0.25) is 0 Å². The molecule has 0 spiro atoms. The fourth-order valence-electron chi connectivity index (χ4n) is 1.55. The van der Waals surface area contributed by atoms with Gasteiger partial charge in [-0.2, -0.15) is 0 Å². The first kappa shape index (κ1) is 16.9. The van der Waals surface area contributed by atoms with E-state index in [0.717, 1.165) is 10.0 Å². The van der Waals surface area contributed by atoms with Gasteiger partial charge in [-0.15, -0.1) is 4.72 Å². The van der Waals surface area contributed by atoms with Gasteiger partial charge < -0.3 is 9.66 Å². The number of rotatable bonds is 5. The minimum atomic E-state index is -1.22. The quantitative estimate of drug-likeness (QED) is 0.802. The predicted octanol–water partition coefficient (Wildman–Crippen LogP) is 2.49. The summed E-state index contributed by atoms with van der Waals surface area (Å²) in [6.07, 6.45) is 3.89. The van der Waals surface area contributed by atoms with Crippen molar-refractivity contribution in [2.75, 3.05) is 6.61 Å². The SMILES string of the molecule is CC(C)(C)[S@@+]([O-])N[C@@](C)(CCO)c1cncc(Br)c1. The van der Waals surface area contributed by atoms with Crippen LogP contribution in [0, 0.1) is 0 Å². The first-order chi connectivity index (χ1) is 8.69. The molecular weight excluding hydrogens is 328 g/mol. The molecule has 0 fully saturated rings. The highest BCUT2D eigenvalue weighted by molar-refractivity contribution is 9.10. The van der Waals surface area contributed by atoms with Crippen molar-refractivity contribution in [3.05, 3.63) is 28.5 Å². The van der Waals surface area contributed by atoms with Crippen LogP contribution in [0.4, 0.5) is 0 Å². The maximum atomic E-state index is 12.3. The highest BCUT2D eigenvalue weighted by Gasteiger charge is 2.37. The van der Waals surface area contributed by atoms with Crippen molar-refractivity contribution in [3.63, 3.8) is 0 Å². The Labute approximate surface area is 126 Å². The van der Waals surface area contributed by atoms with Gasteiger partial charge >= 0.3 is 0 Å². The zero-order valence-corrected chi connectivity index (χ0v) is 14.1. The van der Waals surface area contributed by atoms with Crippen LogP contribution in [-0.2, 0) is 16.9 Å². The molecule has 0 aliphatic rings. The van der Waals surface area contributed by atoms with E-state index in [9.17, 15) is 9.66 Å². The Kier molecular flexibility index (Phi) is 5.82. The Balaban J connectivity index is 3.03. The van der Waals surface area contributed by atoms with Gasteiger partial charge in [-0.25, -0.2) is 0 Å². The lowest BCUT2D eigenvalue weighted by molar-refractivity contribution is 0.236. The van der Waals surface area contributed by atoms with Crippen LogP contribution in [0.1, 0.15) is 39.7 Å². The van der Waals surface area contributed by atoms with Crippen LogP contribution in [0.3, 0.4) is 0 Å². The van der Waals surface area contributed by atoms with E-state index in [1.807, 2.05) is 33.8 Å². The lowest BCUT2D eigenvalue weighted by atomic mass is 9.91. The summed E-state index contributed by atoms with van der Waals surface area (Å²) in [5, 5.41) is 9.28. The van der Waals surface area contributed by atoms with Crippen LogP contribution in [-0.4, -0.2) is 26.0 Å². The summed E-state index contributed by atoms with van der Waals surface area (Å²) in [6, 6.07) is 1.93. The third-order valence-corrected chi connectivity index (χ3v) is 5.01. The Morgan fingerprint density at radius 1 is 1.37 bits per heavy atom. The molecule has 0 saturated heterocycles. The third kappa shape index (κ3) is 4.72. The molecule has 1 aromatic rings. The molecule has 0 radical (unpaired) electrons. The van der Waals surface area contributed by atoms with Crippen molar-refractivity contribution in [3.8, 4) is 0 Å². The summed E-state index contributed by atoms with van der Waals surface area (Å²) in [5.41, 5.74) is 0.317. The van der Waals surface area contributed by atoms with Crippen LogP contribution < -0.4 is 4.72 Å². The average molecular weight is 349 g/mol. The Morgan fingerprint density at radius 3 is 2.47 bits per heavy atom. The van der Waals surface area contributed by atoms with E-state index in [2.05, 4.69) is 25.6 Å². The zero-order chi connectivity index (χ0) is 14.7. The largest absolute Gasteiger partial charge is 0.598 e. The van der Waals surface area contributed by atoms with Gasteiger partial charge in [0.25, 0.3) is 0 Å². The van der Waals surface area contributed by atoms with E-state index in [1.54, 1.807) is 12.4 Å². The van der Waals surface area contributed by atoms with E-state index in [-0.39, 0.29) is 11.4 Å². The number of nitrogens with zero attached hydrogens (tertiary/aromatic N) is 1. The van der Waals surface area contributed by atoms with Crippen molar-refractivity contribution in [1.29, 1.82) is 0 Å². The summed E-state index contributed by atoms with van der Waals surface area (Å²) in [6.45, 7) is 7.67. The molecule has 6 heteroatoms. The van der Waals surface area contributed by atoms with E-state index in [1.165, 1.54) is 0 Å². The van der Waals surface area contributed by atoms with Crippen molar-refractivity contribution in [2.24, 2.45) is 0 Å². The number of aliphatic hydroxyl groups is 1. The normalized spacial score (nSPS) is 17.0. The van der Waals surface area contributed by atoms with Gasteiger partial charge in [-0.05, 0) is 61.7 Å². The van der Waals surface area contributed by atoms with E-state index < -0.39 is 16.9 Å². The molecule has 0 unspecified atom stereocenters. The number of hydrogen-bond donors (Lipinski definition) is 2. The van der Waals surface area contributed by atoms with Gasteiger partial charge in [0.05, 0.1) is 5.54 Å². The number of hydrogen-bond acceptors (Lipinski definition) is 4. The molecule has 0 bridgehead atoms. The van der Waals surface area contributed by atoms with Crippen molar-refractivity contribution >= 4 is 27.3 Å². The number of halogens is 1. The fourth-order valence-corrected chi connectivity index (χ4v) is 2.85. The Bertz CT molecular complexity index is 425. The highest BCUT2D eigenvalue weighted by atomic mass is 79.9. The van der Waals surface area contributed by atoms with Gasteiger partial charge in [0.1, 0.15) is 4.75 Å². The molecule has 0 saturated carbocycles. The van der Waals surface area contributed by atoms with Crippen molar-refractivity contribution in [1.82, 2.24) is 9.71 Å². The van der Waals surface area contributed by atoms with Crippen molar-refractivity contribution < 1.29 is 9.66 Å². The summed E-state index contributed by atoms with van der Waals surface area (Å²) >= 11 is 2.16. The predicted molar refractivity (Wildman–Crippen MR) is 82.0 cm³/mol. The lowest BCUT2D eigenvalue weighted by Gasteiger charge is -2.34. The molecule has 0 aliphatic carbocycles. The number of aromatic nitrogens is 1. The van der Waals surface area contributed by atoms with Gasteiger partial charge in [0, 0.05) is 34.8 Å². The average Bonchev–Trinajstić information content (AvgIpc) is 2.28. The Hall–Kier alpha value is -0.140. The van der Waals surface area contributed by atoms with Gasteiger partial charge in [-0.1, -0.05) is 0 Å². The molecule has 0 aromatic carbocycles. The number of nitrogens with one attached hydrogen (secondary N) is 1. The summed E-state index contributed by atoms with van der Waals surface area (Å²) in [7, 11) is 0. The molecule has 19 heavy (non-hydrogen) atoms. The van der Waals surface area contributed by atoms with Gasteiger partial charge in [0.15, 0.2) is 0 Å². The summed E-state index contributed by atoms with van der Waals surface area (Å²) in [4.78, 5) is 4.13. The molecule has 0 amide bonds. The van der Waals surface area contributed by atoms with Crippen LogP contribution in [0.15, 0.2) is 22.9 Å². The minimum Gasteiger partial charge on any atom is -0.598 e. The van der Waals surface area contributed by atoms with E-state index >= 15 is 0 Å². The molecule has 2 N–H and O–H groups in total. The maximum absolute atomic E-state index is 12.3. The molecule has 1 aromatic heterocycles. The fraction of sp³-hybridized carbons (Fsp3) is 0.615. The first-order valence-electron chi connectivity index (χ1n) is 6.10. The summed E-state index contributed by atoms with van der Waals surface area (Å²) < 4.78 is 15.9. The second-order valence-corrected chi connectivity index (χ2v) is 8.56. The van der Waals surface area contributed by atoms with Crippen LogP contribution >= 0.6 is 15.9 Å². The standard InChI is InChI=1S/C13H21BrN2O2S/c1-12(2,3)19(18)16-13(4,5-6-17)10-7-11(14)9-15-8-10/h7-9,16-17H,5-6H2,1-4H3/t13-,19+/m0/s1. The monoisotopic (exact) mass is 348 g/mol. The number of pyridine rings is 1. The maximum Gasteiger partial charge on any atom is 0.136 e. The molecule has 108 valence electrons. The third-order valence-electron chi connectivity index (χ3n) is 2.83. The van der Waals surface area contributed by atoms with Gasteiger partial charge in [0.2, 0.25) is 0 Å². The summed E-state index contributed by atoms with van der Waals surface area (Å²) in [5.74, 6) is 0. The van der Waals surface area contributed by atoms with Crippen molar-refractivity contribution in [2.45, 2.75) is 44.4 Å². The minimum absolute atomic E-state index is 0.0113. The zero-order valence-electron chi connectivity index (χ0n) is 11.7. The number of aliphatic hydroxyl groups excluding tert-OH is 1. The molecule has 0 aliphatic heterocycles. The smallest absolute Gasteiger partial charge is 0.136 e. The molecule has 1 rings (SSSR count). The molecule has 4 nitrogen and oxygen atoms in total. The van der Waals surface area contributed by atoms with E-state index in [0.29, 0.717) is 6.42 Å². The Morgan fingerprint density at radius 2 is 2.00 bits per heavy atom. The van der Waals surface area contributed by atoms with E-state index in [4.69, 9.17) is 0 Å². The topological polar surface area (TPSA) is 68.2 Å². The highest BCUT2D eigenvalue weighted by Crippen LogP contribution is 2.29. The van der Waals surface area contributed by atoms with Crippen LogP contribution in [0.25, 0.3) is 0 Å². The first-order valence-corrected chi connectivity index (χ1v) is 8.05. The van der Waals surface area contributed by atoms with Crippen LogP contribution in [0.5, 0.6) is 0 Å².